The van der Waals surface area contributed by atoms with Gasteiger partial charge in [0.25, 0.3) is 0 Å². The van der Waals surface area contributed by atoms with Crippen molar-refractivity contribution in [3.63, 3.8) is 0 Å². The minimum Gasteiger partial charge on any atom is -0.208 e. The Morgan fingerprint density at radius 1 is 0.706 bits per heavy atom. The van der Waals surface area contributed by atoms with Crippen molar-refractivity contribution < 1.29 is 9.13 Å². The van der Waals surface area contributed by atoms with Crippen molar-refractivity contribution in [1.82, 2.24) is 0 Å². The Labute approximate surface area is 105 Å². The maximum atomic E-state index is 2.08. The van der Waals surface area contributed by atoms with Crippen molar-refractivity contribution in [3.05, 3.63) is 60.7 Å². The number of aromatic nitrogens is 2. The van der Waals surface area contributed by atoms with E-state index in [1.165, 1.54) is 5.56 Å². The van der Waals surface area contributed by atoms with E-state index in [2.05, 4.69) is 19.1 Å². The number of hydrogen-bond donors (Lipinski definition) is 0. The van der Waals surface area contributed by atoms with Gasteiger partial charge >= 0.3 is 0 Å². The molecule has 0 radical (unpaired) electrons. The second-order valence-corrected chi connectivity index (χ2v) is 3.58. The topological polar surface area (TPSA) is 7.76 Å². The SMILES string of the molecule is CC.C[n+]1ccccc1.Cc1cc[n+](C)cc1. The van der Waals surface area contributed by atoms with Gasteiger partial charge in [-0.05, 0) is 12.5 Å². The van der Waals surface area contributed by atoms with E-state index in [-0.39, 0.29) is 0 Å². The van der Waals surface area contributed by atoms with Crippen LogP contribution in [0.4, 0.5) is 0 Å². The van der Waals surface area contributed by atoms with Gasteiger partial charge in [0.2, 0.25) is 0 Å². The Kier molecular flexibility index (Phi) is 8.57. The lowest BCUT2D eigenvalue weighted by Crippen LogP contribution is -2.25. The maximum Gasteiger partial charge on any atom is 0.168 e. The van der Waals surface area contributed by atoms with Crippen molar-refractivity contribution in [2.75, 3.05) is 0 Å². The summed E-state index contributed by atoms with van der Waals surface area (Å²) < 4.78 is 4.02. The molecule has 0 atom stereocenters. The van der Waals surface area contributed by atoms with Gasteiger partial charge < -0.3 is 0 Å². The summed E-state index contributed by atoms with van der Waals surface area (Å²) >= 11 is 0. The fourth-order valence-electron chi connectivity index (χ4n) is 1.06. The number of rotatable bonds is 0. The van der Waals surface area contributed by atoms with Crippen LogP contribution in [0.2, 0.25) is 0 Å². The first-order chi connectivity index (χ1) is 8.18. The molecular weight excluding hydrogens is 208 g/mol. The lowest BCUT2D eigenvalue weighted by atomic mass is 10.3. The molecule has 0 saturated carbocycles. The monoisotopic (exact) mass is 232 g/mol. The van der Waals surface area contributed by atoms with Crippen LogP contribution in [0.1, 0.15) is 19.4 Å². The normalized spacial score (nSPS) is 8.29. The van der Waals surface area contributed by atoms with Crippen molar-refractivity contribution >= 4 is 0 Å². The molecule has 0 unspecified atom stereocenters. The molecule has 2 nitrogen and oxygen atoms in total. The molecule has 0 aliphatic rings. The van der Waals surface area contributed by atoms with Crippen LogP contribution in [-0.4, -0.2) is 0 Å². The molecule has 0 fully saturated rings. The van der Waals surface area contributed by atoms with Crippen LogP contribution in [0.5, 0.6) is 0 Å². The molecule has 2 heteroatoms. The number of hydrogen-bond acceptors (Lipinski definition) is 0. The summed E-state index contributed by atoms with van der Waals surface area (Å²) in [6.07, 6.45) is 8.07. The minimum absolute atomic E-state index is 1.31. The number of aryl methyl sites for hydroxylation is 3. The van der Waals surface area contributed by atoms with Crippen LogP contribution in [0.3, 0.4) is 0 Å². The lowest BCUT2D eigenvalue weighted by molar-refractivity contribution is -0.671. The van der Waals surface area contributed by atoms with Crippen molar-refractivity contribution in [3.8, 4) is 0 Å². The third-order valence-corrected chi connectivity index (χ3v) is 2.01. The van der Waals surface area contributed by atoms with E-state index in [9.17, 15) is 0 Å². The summed E-state index contributed by atoms with van der Waals surface area (Å²) in [6, 6.07) is 10.2. The van der Waals surface area contributed by atoms with Gasteiger partial charge in [0.15, 0.2) is 24.8 Å². The lowest BCUT2D eigenvalue weighted by Gasteiger charge is -1.85. The summed E-state index contributed by atoms with van der Waals surface area (Å²) in [5.74, 6) is 0. The van der Waals surface area contributed by atoms with Gasteiger partial charge in [0, 0.05) is 24.3 Å². The summed E-state index contributed by atoms with van der Waals surface area (Å²) in [5, 5.41) is 0. The number of nitrogens with zero attached hydrogens (tertiary/aromatic N) is 2. The van der Waals surface area contributed by atoms with Crippen molar-refractivity contribution in [1.29, 1.82) is 0 Å². The smallest absolute Gasteiger partial charge is 0.168 e. The fourth-order valence-corrected chi connectivity index (χ4v) is 1.06. The Morgan fingerprint density at radius 3 is 1.41 bits per heavy atom. The highest BCUT2D eigenvalue weighted by Crippen LogP contribution is 1.87. The van der Waals surface area contributed by atoms with E-state index in [1.807, 2.05) is 80.1 Å². The van der Waals surface area contributed by atoms with Gasteiger partial charge in [-0.1, -0.05) is 19.9 Å². The van der Waals surface area contributed by atoms with Gasteiger partial charge in [0.05, 0.1) is 0 Å². The van der Waals surface area contributed by atoms with Crippen LogP contribution >= 0.6 is 0 Å². The third kappa shape index (κ3) is 8.14. The summed E-state index contributed by atoms with van der Waals surface area (Å²) in [5.41, 5.74) is 1.31. The molecule has 0 spiro atoms. The highest BCUT2D eigenvalue weighted by atomic mass is 14.9. The van der Waals surface area contributed by atoms with Crippen molar-refractivity contribution in [2.24, 2.45) is 14.1 Å². The summed E-state index contributed by atoms with van der Waals surface area (Å²) in [6.45, 7) is 6.08. The largest absolute Gasteiger partial charge is 0.208 e. The van der Waals surface area contributed by atoms with E-state index < -0.39 is 0 Å². The van der Waals surface area contributed by atoms with E-state index in [1.54, 1.807) is 0 Å². The van der Waals surface area contributed by atoms with E-state index in [0.717, 1.165) is 0 Å². The average molecular weight is 232 g/mol. The molecule has 0 aromatic carbocycles. The molecule has 0 aliphatic carbocycles. The highest BCUT2D eigenvalue weighted by Gasteiger charge is 1.85. The molecule has 17 heavy (non-hydrogen) atoms. The first-order valence-electron chi connectivity index (χ1n) is 6.00. The van der Waals surface area contributed by atoms with E-state index >= 15 is 0 Å². The van der Waals surface area contributed by atoms with Gasteiger partial charge in [0.1, 0.15) is 14.1 Å². The van der Waals surface area contributed by atoms with Crippen LogP contribution < -0.4 is 9.13 Å². The Bertz CT molecular complexity index is 358. The first kappa shape index (κ1) is 15.3. The van der Waals surface area contributed by atoms with E-state index in [0.29, 0.717) is 0 Å². The van der Waals surface area contributed by atoms with Gasteiger partial charge in [-0.2, -0.15) is 0 Å². The van der Waals surface area contributed by atoms with Crippen LogP contribution in [0, 0.1) is 6.92 Å². The van der Waals surface area contributed by atoms with Crippen LogP contribution in [0.25, 0.3) is 0 Å². The zero-order chi connectivity index (χ0) is 13.1. The highest BCUT2D eigenvalue weighted by molar-refractivity contribution is 5.02. The second kappa shape index (κ2) is 9.52. The van der Waals surface area contributed by atoms with Gasteiger partial charge in [-0.3, -0.25) is 0 Å². The molecule has 2 heterocycles. The Morgan fingerprint density at radius 2 is 1.12 bits per heavy atom. The standard InChI is InChI=1S/C7H10N.C6H8N.C2H6/c1-7-3-5-8(2)6-4-7;1-7-5-3-2-4-6-7;1-2/h3-6H,1-2H3;2-6H,1H3;1-2H3/q2*+1;. The third-order valence-electron chi connectivity index (χ3n) is 2.01. The Hall–Kier alpha value is -1.70. The predicted octanol–water partition coefficient (Wildman–Crippen LogP) is 2.36. The zero-order valence-electron chi connectivity index (χ0n) is 11.6. The van der Waals surface area contributed by atoms with Gasteiger partial charge in [-0.25, -0.2) is 9.13 Å². The predicted molar refractivity (Wildman–Crippen MR) is 71.3 cm³/mol. The molecule has 92 valence electrons. The average Bonchev–Trinajstić information content (AvgIpc) is 2.37. The van der Waals surface area contributed by atoms with Crippen molar-refractivity contribution in [2.45, 2.75) is 20.8 Å². The second-order valence-electron chi connectivity index (χ2n) is 3.58. The quantitative estimate of drug-likeness (QED) is 0.616. The molecular formula is C15H24N2+2. The molecule has 0 saturated heterocycles. The molecule has 0 bridgehead atoms. The van der Waals surface area contributed by atoms with Crippen LogP contribution in [0.15, 0.2) is 55.1 Å². The molecule has 2 aromatic heterocycles. The molecule has 0 amide bonds. The van der Waals surface area contributed by atoms with Gasteiger partial charge in [-0.15, -0.1) is 0 Å². The maximum absolute atomic E-state index is 2.08. The fraction of sp³-hybridized carbons (Fsp3) is 0.333. The number of pyridine rings is 2. The summed E-state index contributed by atoms with van der Waals surface area (Å²) in [7, 11) is 4.01. The van der Waals surface area contributed by atoms with E-state index in [4.69, 9.17) is 0 Å². The minimum atomic E-state index is 1.31. The molecule has 0 aliphatic heterocycles. The van der Waals surface area contributed by atoms with Crippen LogP contribution in [-0.2, 0) is 14.1 Å². The molecule has 0 N–H and O–H groups in total. The molecule has 2 aromatic rings. The zero-order valence-corrected chi connectivity index (χ0v) is 11.6. The molecule has 2 rings (SSSR count). The summed E-state index contributed by atoms with van der Waals surface area (Å²) in [4.78, 5) is 0. The first-order valence-corrected chi connectivity index (χ1v) is 6.00. The Balaban J connectivity index is 0.000000265.